The van der Waals surface area contributed by atoms with Crippen LogP contribution in [0.4, 0.5) is 16.0 Å². The number of benzene rings is 1. The summed E-state index contributed by atoms with van der Waals surface area (Å²) in [7, 11) is 0. The minimum absolute atomic E-state index is 0.179. The number of rotatable bonds is 4. The molecule has 5 rings (SSSR count). The fourth-order valence-corrected chi connectivity index (χ4v) is 3.68. The number of carbonyl (C=O) groups is 1. The summed E-state index contributed by atoms with van der Waals surface area (Å²) in [6.45, 7) is 3.52. The normalized spacial score (nSPS) is 14.5. The fourth-order valence-electron chi connectivity index (χ4n) is 3.68. The summed E-state index contributed by atoms with van der Waals surface area (Å²) in [6, 6.07) is 8.18. The maximum absolute atomic E-state index is 14.2. The molecule has 0 aliphatic carbocycles. The lowest BCUT2D eigenvalue weighted by atomic mass is 9.87. The van der Waals surface area contributed by atoms with Gasteiger partial charge in [-0.1, -0.05) is 23.4 Å². The third-order valence-electron chi connectivity index (χ3n) is 5.37. The van der Waals surface area contributed by atoms with Crippen molar-refractivity contribution < 1.29 is 13.7 Å². The number of nitrogens with one attached hydrogen (secondary N) is 1. The van der Waals surface area contributed by atoms with E-state index < -0.39 is 5.41 Å². The second kappa shape index (κ2) is 6.73. The number of hydrogen-bond donors (Lipinski definition) is 2. The predicted octanol–water partition coefficient (Wildman–Crippen LogP) is 2.86. The molecule has 0 fully saturated rings. The predicted molar refractivity (Wildman–Crippen MR) is 110 cm³/mol. The number of nitrogen functional groups attached to an aromatic ring is 1. The number of aromatic nitrogens is 5. The summed E-state index contributed by atoms with van der Waals surface area (Å²) in [5.41, 5.74) is 8.13. The van der Waals surface area contributed by atoms with Crippen molar-refractivity contribution >= 4 is 17.5 Å². The lowest BCUT2D eigenvalue weighted by Gasteiger charge is -2.16. The zero-order valence-electron chi connectivity index (χ0n) is 16.8. The van der Waals surface area contributed by atoms with Crippen LogP contribution >= 0.6 is 0 Å². The van der Waals surface area contributed by atoms with Gasteiger partial charge in [-0.25, -0.2) is 9.07 Å². The van der Waals surface area contributed by atoms with E-state index in [1.807, 2.05) is 0 Å². The molecule has 3 N–H and O–H groups in total. The number of carbonyl (C=O) groups excluding carboxylic acids is 1. The average Bonchev–Trinajstić information content (AvgIpc) is 3.43. The minimum atomic E-state index is -0.829. The van der Waals surface area contributed by atoms with E-state index in [4.69, 9.17) is 10.3 Å². The van der Waals surface area contributed by atoms with E-state index in [1.54, 1.807) is 44.3 Å². The lowest BCUT2D eigenvalue weighted by molar-refractivity contribution is -0.119. The van der Waals surface area contributed by atoms with Gasteiger partial charge in [-0.05, 0) is 25.5 Å². The first kappa shape index (κ1) is 18.9. The summed E-state index contributed by atoms with van der Waals surface area (Å²) < 4.78 is 20.6. The van der Waals surface area contributed by atoms with Crippen molar-refractivity contribution in [3.8, 4) is 17.2 Å². The third kappa shape index (κ3) is 3.03. The Labute approximate surface area is 176 Å². The van der Waals surface area contributed by atoms with Crippen molar-refractivity contribution in [2.24, 2.45) is 0 Å². The molecule has 0 unspecified atom stereocenters. The first-order valence-electron chi connectivity index (χ1n) is 9.57. The van der Waals surface area contributed by atoms with Gasteiger partial charge in [0.2, 0.25) is 5.91 Å². The first-order chi connectivity index (χ1) is 14.8. The van der Waals surface area contributed by atoms with Crippen molar-refractivity contribution in [1.82, 2.24) is 24.9 Å². The molecule has 0 bridgehead atoms. The number of amides is 1. The van der Waals surface area contributed by atoms with Crippen LogP contribution in [0.5, 0.6) is 0 Å². The number of halogens is 1. The van der Waals surface area contributed by atoms with Crippen molar-refractivity contribution in [3.63, 3.8) is 0 Å². The van der Waals surface area contributed by atoms with Gasteiger partial charge in [-0.3, -0.25) is 4.79 Å². The molecule has 156 valence electrons. The van der Waals surface area contributed by atoms with E-state index in [0.717, 1.165) is 0 Å². The molecule has 1 aliphatic rings. The summed E-state index contributed by atoms with van der Waals surface area (Å²) in [5, 5.41) is 11.3. The molecule has 10 heteroatoms. The number of fused-ring (bicyclic) bond motifs is 1. The monoisotopic (exact) mass is 419 g/mol. The van der Waals surface area contributed by atoms with Gasteiger partial charge in [0.15, 0.2) is 0 Å². The zero-order valence-corrected chi connectivity index (χ0v) is 16.8. The molecule has 0 radical (unpaired) electrons. The number of hydrogen-bond acceptors (Lipinski definition) is 7. The number of nitrogens with two attached hydrogens (primary N) is 1. The van der Waals surface area contributed by atoms with Crippen LogP contribution in [0.15, 0.2) is 47.3 Å². The maximum Gasteiger partial charge on any atom is 0.254 e. The van der Waals surface area contributed by atoms with Crippen molar-refractivity contribution in [1.29, 1.82) is 0 Å². The van der Waals surface area contributed by atoms with Crippen molar-refractivity contribution in [3.05, 3.63) is 65.4 Å². The Balaban J connectivity index is 1.62. The molecule has 31 heavy (non-hydrogen) atoms. The van der Waals surface area contributed by atoms with Crippen LogP contribution in [-0.2, 0) is 16.6 Å². The largest absolute Gasteiger partial charge is 0.383 e. The first-order valence-corrected chi connectivity index (χ1v) is 9.57. The zero-order chi connectivity index (χ0) is 21.8. The standard InChI is InChI=1S/C21H18FN7O2/c1-21(2)16-17(23)24-20(26-18(16)25-19(21)30)29-10-12(14-7-8-31-28-14)15(27-29)9-11-5-3-4-6-13(11)22/h3-8,10H,9H2,1-2H3,(H3,23,24,25,26,30). The molecule has 0 saturated heterocycles. The highest BCUT2D eigenvalue weighted by atomic mass is 19.1. The van der Waals surface area contributed by atoms with Crippen LogP contribution in [0, 0.1) is 5.82 Å². The van der Waals surface area contributed by atoms with Crippen LogP contribution in [0.2, 0.25) is 0 Å². The molecular formula is C21H18FN7O2. The smallest absolute Gasteiger partial charge is 0.254 e. The molecule has 0 spiro atoms. The molecule has 4 aromatic rings. The van der Waals surface area contributed by atoms with Crippen LogP contribution < -0.4 is 11.1 Å². The van der Waals surface area contributed by atoms with E-state index in [0.29, 0.717) is 33.9 Å². The Morgan fingerprint density at radius 1 is 1.23 bits per heavy atom. The summed E-state index contributed by atoms with van der Waals surface area (Å²) in [4.78, 5) is 21.1. The highest BCUT2D eigenvalue weighted by Gasteiger charge is 2.42. The van der Waals surface area contributed by atoms with Gasteiger partial charge in [0.1, 0.15) is 29.4 Å². The van der Waals surface area contributed by atoms with Crippen molar-refractivity contribution in [2.45, 2.75) is 25.7 Å². The molecule has 0 saturated carbocycles. The minimum Gasteiger partial charge on any atom is -0.383 e. The Kier molecular flexibility index (Phi) is 4.10. The number of nitrogens with zero attached hydrogens (tertiary/aromatic N) is 5. The van der Waals surface area contributed by atoms with Gasteiger partial charge in [0.25, 0.3) is 5.95 Å². The highest BCUT2D eigenvalue weighted by molar-refractivity contribution is 6.06. The third-order valence-corrected chi connectivity index (χ3v) is 5.37. The topological polar surface area (TPSA) is 125 Å². The molecule has 1 aliphatic heterocycles. The Morgan fingerprint density at radius 3 is 2.77 bits per heavy atom. The van der Waals surface area contributed by atoms with Crippen LogP contribution in [0.1, 0.15) is 30.7 Å². The van der Waals surface area contributed by atoms with Crippen LogP contribution in [0.3, 0.4) is 0 Å². The fraction of sp³-hybridized carbons (Fsp3) is 0.190. The quantitative estimate of drug-likeness (QED) is 0.521. The summed E-state index contributed by atoms with van der Waals surface area (Å²) >= 11 is 0. The van der Waals surface area contributed by atoms with Gasteiger partial charge in [0.05, 0.1) is 16.7 Å². The van der Waals surface area contributed by atoms with Crippen LogP contribution in [-0.4, -0.2) is 30.8 Å². The van der Waals surface area contributed by atoms with E-state index >= 15 is 0 Å². The number of anilines is 2. The summed E-state index contributed by atoms with van der Waals surface area (Å²) in [6.07, 6.45) is 3.35. The summed E-state index contributed by atoms with van der Waals surface area (Å²) in [5.74, 6) is 0.193. The Bertz CT molecular complexity index is 1310. The highest BCUT2D eigenvalue weighted by Crippen LogP contribution is 2.39. The van der Waals surface area contributed by atoms with E-state index in [-0.39, 0.29) is 29.9 Å². The van der Waals surface area contributed by atoms with E-state index in [1.165, 1.54) is 17.0 Å². The molecule has 3 aromatic heterocycles. The molecule has 1 amide bonds. The van der Waals surface area contributed by atoms with E-state index in [2.05, 4.69) is 25.5 Å². The molecule has 9 nitrogen and oxygen atoms in total. The van der Waals surface area contributed by atoms with Crippen molar-refractivity contribution in [2.75, 3.05) is 11.1 Å². The Morgan fingerprint density at radius 2 is 2.03 bits per heavy atom. The molecule has 0 atom stereocenters. The van der Waals surface area contributed by atoms with Gasteiger partial charge in [0, 0.05) is 24.2 Å². The average molecular weight is 419 g/mol. The second-order valence-corrected chi connectivity index (χ2v) is 7.80. The maximum atomic E-state index is 14.2. The van der Waals surface area contributed by atoms with Gasteiger partial charge < -0.3 is 15.6 Å². The van der Waals surface area contributed by atoms with E-state index in [9.17, 15) is 9.18 Å². The molecular weight excluding hydrogens is 401 g/mol. The SMILES string of the molecule is CC1(C)C(=O)Nc2nc(-n3cc(-c4ccon4)c(Cc4ccccc4F)n3)nc(N)c21. The van der Waals surface area contributed by atoms with Crippen LogP contribution in [0.25, 0.3) is 17.2 Å². The molecule has 1 aromatic carbocycles. The Hall–Kier alpha value is -4.08. The second-order valence-electron chi connectivity index (χ2n) is 7.80. The lowest BCUT2D eigenvalue weighted by Crippen LogP contribution is -2.27. The van der Waals surface area contributed by atoms with Gasteiger partial charge in [-0.15, -0.1) is 0 Å². The van der Waals surface area contributed by atoms with Gasteiger partial charge >= 0.3 is 0 Å². The van der Waals surface area contributed by atoms with Gasteiger partial charge in [-0.2, -0.15) is 15.1 Å². The molecule has 4 heterocycles.